The Balaban J connectivity index is 1.42. The standard InChI is InChI=1S/C23H26Cl2N4O4/c24-17-4-3-15(9-18(17)25)10-21(30)29-8-7-28(23(31)16-11-26-33-12-16)20-14-32-13-19(22(20)29)27-5-1-2-6-27/h3-4,9,11-12,19-20,22H,1-2,5-8,10,13-14H2/t19?,20-,22-/m1/s1. The van der Waals surface area contributed by atoms with Crippen molar-refractivity contribution in [3.63, 3.8) is 0 Å². The Kier molecular flexibility index (Phi) is 6.60. The Morgan fingerprint density at radius 3 is 2.48 bits per heavy atom. The van der Waals surface area contributed by atoms with Crippen molar-refractivity contribution < 1.29 is 18.8 Å². The molecule has 3 saturated heterocycles. The number of carbonyl (C=O) groups excluding carboxylic acids is 2. The van der Waals surface area contributed by atoms with E-state index in [1.165, 1.54) is 12.5 Å². The number of likely N-dealkylation sites (tertiary alicyclic amines) is 1. The number of rotatable bonds is 4. The van der Waals surface area contributed by atoms with Crippen molar-refractivity contribution in [1.29, 1.82) is 0 Å². The van der Waals surface area contributed by atoms with Gasteiger partial charge in [-0.15, -0.1) is 0 Å². The van der Waals surface area contributed by atoms with E-state index < -0.39 is 0 Å². The quantitative estimate of drug-likeness (QED) is 0.652. The molecule has 0 aliphatic carbocycles. The minimum absolute atomic E-state index is 0.0200. The van der Waals surface area contributed by atoms with Crippen LogP contribution in [0.25, 0.3) is 0 Å². The van der Waals surface area contributed by atoms with E-state index in [-0.39, 0.29) is 36.4 Å². The molecule has 10 heteroatoms. The van der Waals surface area contributed by atoms with Crippen molar-refractivity contribution in [2.75, 3.05) is 39.4 Å². The fourth-order valence-electron chi connectivity index (χ4n) is 5.32. The second kappa shape index (κ2) is 9.62. The Hall–Kier alpha value is -2.13. The summed E-state index contributed by atoms with van der Waals surface area (Å²) in [6, 6.07) is 4.95. The molecule has 0 radical (unpaired) electrons. The lowest BCUT2D eigenvalue weighted by Crippen LogP contribution is -2.72. The molecule has 3 aliphatic rings. The van der Waals surface area contributed by atoms with Crippen LogP contribution in [0, 0.1) is 0 Å². The summed E-state index contributed by atoms with van der Waals surface area (Å²) in [6.07, 6.45) is 5.29. The van der Waals surface area contributed by atoms with E-state index in [1.54, 1.807) is 12.1 Å². The topological polar surface area (TPSA) is 79.1 Å². The molecule has 3 fully saturated rings. The number of benzene rings is 1. The van der Waals surface area contributed by atoms with Crippen LogP contribution >= 0.6 is 23.2 Å². The average molecular weight is 493 g/mol. The van der Waals surface area contributed by atoms with E-state index in [0.717, 1.165) is 31.5 Å². The molecule has 0 saturated carbocycles. The summed E-state index contributed by atoms with van der Waals surface area (Å²) >= 11 is 12.2. The Bertz CT molecular complexity index is 1010. The van der Waals surface area contributed by atoms with Gasteiger partial charge in [0.15, 0.2) is 0 Å². The number of halogens is 2. The summed E-state index contributed by atoms with van der Waals surface area (Å²) < 4.78 is 10.9. The van der Waals surface area contributed by atoms with Crippen molar-refractivity contribution in [2.45, 2.75) is 37.4 Å². The number of fused-ring (bicyclic) bond motifs is 1. The van der Waals surface area contributed by atoms with Gasteiger partial charge in [-0.2, -0.15) is 0 Å². The minimum atomic E-state index is -0.238. The van der Waals surface area contributed by atoms with Gasteiger partial charge in [0, 0.05) is 13.1 Å². The monoisotopic (exact) mass is 492 g/mol. The van der Waals surface area contributed by atoms with Crippen molar-refractivity contribution in [3.8, 4) is 0 Å². The largest absolute Gasteiger partial charge is 0.378 e. The maximum atomic E-state index is 13.5. The van der Waals surface area contributed by atoms with E-state index in [9.17, 15) is 9.59 Å². The van der Waals surface area contributed by atoms with E-state index in [2.05, 4.69) is 10.1 Å². The average Bonchev–Trinajstić information content (AvgIpc) is 3.54. The molecule has 2 amide bonds. The molecule has 1 aromatic carbocycles. The molecule has 5 rings (SSSR count). The highest BCUT2D eigenvalue weighted by Gasteiger charge is 2.49. The van der Waals surface area contributed by atoms with Gasteiger partial charge in [-0.05, 0) is 43.6 Å². The summed E-state index contributed by atoms with van der Waals surface area (Å²) in [7, 11) is 0. The fourth-order valence-corrected chi connectivity index (χ4v) is 5.64. The van der Waals surface area contributed by atoms with Crippen molar-refractivity contribution in [3.05, 3.63) is 51.8 Å². The van der Waals surface area contributed by atoms with Crippen LogP contribution in [0.3, 0.4) is 0 Å². The van der Waals surface area contributed by atoms with Gasteiger partial charge in [0.2, 0.25) is 5.91 Å². The van der Waals surface area contributed by atoms with Gasteiger partial charge < -0.3 is 19.1 Å². The minimum Gasteiger partial charge on any atom is -0.378 e. The number of aromatic nitrogens is 1. The van der Waals surface area contributed by atoms with E-state index >= 15 is 0 Å². The van der Waals surface area contributed by atoms with Crippen molar-refractivity contribution in [2.24, 2.45) is 0 Å². The van der Waals surface area contributed by atoms with Gasteiger partial charge in [0.1, 0.15) is 6.26 Å². The van der Waals surface area contributed by atoms with Gasteiger partial charge in [-0.3, -0.25) is 14.5 Å². The molecular weight excluding hydrogens is 467 g/mol. The summed E-state index contributed by atoms with van der Waals surface area (Å²) in [6.45, 7) is 3.78. The number of amides is 2. The number of nitrogens with zero attached hydrogens (tertiary/aromatic N) is 4. The molecule has 33 heavy (non-hydrogen) atoms. The van der Waals surface area contributed by atoms with Crippen LogP contribution in [0.15, 0.2) is 35.2 Å². The Morgan fingerprint density at radius 1 is 1.00 bits per heavy atom. The fraction of sp³-hybridized carbons (Fsp3) is 0.522. The highest BCUT2D eigenvalue weighted by Crippen LogP contribution is 2.31. The zero-order chi connectivity index (χ0) is 22.9. The molecule has 0 spiro atoms. The smallest absolute Gasteiger partial charge is 0.259 e. The van der Waals surface area contributed by atoms with Crippen LogP contribution < -0.4 is 0 Å². The Morgan fingerprint density at radius 2 is 1.76 bits per heavy atom. The van der Waals surface area contributed by atoms with E-state index in [0.29, 0.717) is 41.9 Å². The second-order valence-corrected chi connectivity index (χ2v) is 9.64. The molecule has 1 unspecified atom stereocenters. The zero-order valence-electron chi connectivity index (χ0n) is 18.2. The predicted molar refractivity (Wildman–Crippen MR) is 122 cm³/mol. The maximum Gasteiger partial charge on any atom is 0.259 e. The van der Waals surface area contributed by atoms with Crippen molar-refractivity contribution >= 4 is 35.0 Å². The first-order valence-corrected chi connectivity index (χ1v) is 12.0. The van der Waals surface area contributed by atoms with Crippen LogP contribution in [0.1, 0.15) is 28.8 Å². The first-order chi connectivity index (χ1) is 16.0. The summed E-state index contributed by atoms with van der Waals surface area (Å²) in [4.78, 5) is 32.9. The van der Waals surface area contributed by atoms with Gasteiger partial charge in [-0.25, -0.2) is 0 Å². The molecule has 3 aliphatic heterocycles. The van der Waals surface area contributed by atoms with Gasteiger partial charge in [-0.1, -0.05) is 34.4 Å². The summed E-state index contributed by atoms with van der Waals surface area (Å²) in [5.41, 5.74) is 1.23. The number of ether oxygens (including phenoxy) is 1. The highest BCUT2D eigenvalue weighted by molar-refractivity contribution is 6.42. The zero-order valence-corrected chi connectivity index (χ0v) is 19.7. The molecule has 8 nitrogen and oxygen atoms in total. The third-order valence-electron chi connectivity index (χ3n) is 6.92. The predicted octanol–water partition coefficient (Wildman–Crippen LogP) is 2.74. The van der Waals surface area contributed by atoms with Gasteiger partial charge >= 0.3 is 0 Å². The molecule has 4 heterocycles. The Labute approximate surface area is 202 Å². The van der Waals surface area contributed by atoms with Gasteiger partial charge in [0.25, 0.3) is 5.91 Å². The summed E-state index contributed by atoms with van der Waals surface area (Å²) in [5, 5.41) is 4.58. The van der Waals surface area contributed by atoms with Crippen LogP contribution in [0.2, 0.25) is 10.0 Å². The SMILES string of the molecule is O=C(c1cnoc1)N1CCN(C(=O)Cc2ccc(Cl)c(Cl)c2)[C@@H]2C(N3CCCC3)COC[C@H]21. The first kappa shape index (κ1) is 22.7. The number of carbonyl (C=O) groups is 2. The summed E-state index contributed by atoms with van der Waals surface area (Å²) in [5.74, 6) is -0.125. The molecule has 0 N–H and O–H groups in total. The lowest BCUT2D eigenvalue weighted by Gasteiger charge is -2.54. The molecule has 2 aromatic rings. The van der Waals surface area contributed by atoms with Crippen molar-refractivity contribution in [1.82, 2.24) is 19.9 Å². The lowest BCUT2D eigenvalue weighted by molar-refractivity contribution is -0.149. The van der Waals surface area contributed by atoms with Crippen LogP contribution in [0.5, 0.6) is 0 Å². The molecule has 176 valence electrons. The van der Waals surface area contributed by atoms with E-state index in [1.807, 2.05) is 15.9 Å². The number of hydrogen-bond donors (Lipinski definition) is 0. The third-order valence-corrected chi connectivity index (χ3v) is 7.66. The number of piperazine rings is 1. The normalized spacial score (nSPS) is 25.8. The number of hydrogen-bond acceptors (Lipinski definition) is 6. The lowest BCUT2D eigenvalue weighted by atomic mass is 9.90. The molecule has 0 bridgehead atoms. The highest BCUT2D eigenvalue weighted by atomic mass is 35.5. The van der Waals surface area contributed by atoms with Crippen LogP contribution in [-0.2, 0) is 16.0 Å². The maximum absolute atomic E-state index is 13.5. The second-order valence-electron chi connectivity index (χ2n) is 8.83. The molecule has 1 aromatic heterocycles. The van der Waals surface area contributed by atoms with Crippen LogP contribution in [-0.4, -0.2) is 89.2 Å². The first-order valence-electron chi connectivity index (χ1n) is 11.3. The van der Waals surface area contributed by atoms with E-state index in [4.69, 9.17) is 32.5 Å². The van der Waals surface area contributed by atoms with Gasteiger partial charge in [0.05, 0.1) is 59.6 Å². The third kappa shape index (κ3) is 4.49. The molecular formula is C23H26Cl2N4O4. The molecule has 3 atom stereocenters. The van der Waals surface area contributed by atoms with Crippen LogP contribution in [0.4, 0.5) is 0 Å².